The Hall–Kier alpha value is -1.64. The van der Waals surface area contributed by atoms with E-state index in [1.807, 2.05) is 0 Å². The van der Waals surface area contributed by atoms with E-state index < -0.39 is 0 Å². The molecule has 0 saturated carbocycles. The molecule has 0 amide bonds. The fourth-order valence-corrected chi connectivity index (χ4v) is 2.46. The van der Waals surface area contributed by atoms with E-state index >= 15 is 0 Å². The zero-order chi connectivity index (χ0) is 15.1. The molecule has 0 aliphatic heterocycles. The van der Waals surface area contributed by atoms with E-state index in [1.165, 1.54) is 11.1 Å². The molecule has 2 atom stereocenters. The monoisotopic (exact) mass is 283 g/mol. The van der Waals surface area contributed by atoms with Crippen molar-refractivity contribution in [2.75, 3.05) is 13.2 Å². The van der Waals surface area contributed by atoms with Crippen LogP contribution in [-0.2, 0) is 0 Å². The SMILES string of the molecule is CC(CO)C(C)NCC(c1ccccc1)c1ccccc1. The highest BCUT2D eigenvalue weighted by atomic mass is 16.3. The van der Waals surface area contributed by atoms with Crippen LogP contribution >= 0.6 is 0 Å². The van der Waals surface area contributed by atoms with Gasteiger partial charge in [-0.25, -0.2) is 0 Å². The first-order valence-corrected chi connectivity index (χ1v) is 7.66. The minimum atomic E-state index is 0.218. The molecular formula is C19H25NO. The maximum Gasteiger partial charge on any atom is 0.0471 e. The van der Waals surface area contributed by atoms with E-state index in [-0.39, 0.29) is 12.5 Å². The topological polar surface area (TPSA) is 32.3 Å². The van der Waals surface area contributed by atoms with Gasteiger partial charge in [0, 0.05) is 25.1 Å². The zero-order valence-corrected chi connectivity index (χ0v) is 12.9. The van der Waals surface area contributed by atoms with Crippen molar-refractivity contribution in [2.45, 2.75) is 25.8 Å². The molecule has 2 N–H and O–H groups in total. The van der Waals surface area contributed by atoms with Gasteiger partial charge in [-0.1, -0.05) is 67.6 Å². The van der Waals surface area contributed by atoms with Crippen LogP contribution in [0, 0.1) is 5.92 Å². The molecule has 2 unspecified atom stereocenters. The predicted molar refractivity (Wildman–Crippen MR) is 88.4 cm³/mol. The third kappa shape index (κ3) is 4.42. The number of rotatable bonds is 7. The van der Waals surface area contributed by atoms with Crippen molar-refractivity contribution in [3.05, 3.63) is 71.8 Å². The summed E-state index contributed by atoms with van der Waals surface area (Å²) in [6, 6.07) is 21.5. The summed E-state index contributed by atoms with van der Waals surface area (Å²) < 4.78 is 0. The molecule has 0 aliphatic rings. The summed E-state index contributed by atoms with van der Waals surface area (Å²) in [6.07, 6.45) is 0. The maximum atomic E-state index is 9.26. The van der Waals surface area contributed by atoms with E-state index in [9.17, 15) is 5.11 Å². The van der Waals surface area contributed by atoms with Crippen molar-refractivity contribution in [3.63, 3.8) is 0 Å². The Morgan fingerprint density at radius 2 is 1.33 bits per heavy atom. The summed E-state index contributed by atoms with van der Waals surface area (Å²) in [7, 11) is 0. The molecule has 2 rings (SSSR count). The summed E-state index contributed by atoms with van der Waals surface area (Å²) >= 11 is 0. The fraction of sp³-hybridized carbons (Fsp3) is 0.368. The Morgan fingerprint density at radius 1 is 0.857 bits per heavy atom. The Morgan fingerprint density at radius 3 is 1.76 bits per heavy atom. The van der Waals surface area contributed by atoms with Gasteiger partial charge >= 0.3 is 0 Å². The first-order chi connectivity index (χ1) is 10.2. The van der Waals surface area contributed by atoms with Crippen LogP contribution in [0.25, 0.3) is 0 Å². The lowest BCUT2D eigenvalue weighted by molar-refractivity contribution is 0.207. The lowest BCUT2D eigenvalue weighted by Gasteiger charge is -2.24. The highest BCUT2D eigenvalue weighted by Crippen LogP contribution is 2.24. The Bertz CT molecular complexity index is 472. The summed E-state index contributed by atoms with van der Waals surface area (Å²) in [6.45, 7) is 5.29. The summed E-state index contributed by atoms with van der Waals surface area (Å²) in [5, 5.41) is 12.8. The maximum absolute atomic E-state index is 9.26. The van der Waals surface area contributed by atoms with Gasteiger partial charge in [-0.05, 0) is 24.0 Å². The van der Waals surface area contributed by atoms with Gasteiger partial charge in [0.25, 0.3) is 0 Å². The highest BCUT2D eigenvalue weighted by molar-refractivity contribution is 5.32. The second-order valence-corrected chi connectivity index (χ2v) is 5.73. The smallest absolute Gasteiger partial charge is 0.0471 e. The molecule has 0 spiro atoms. The third-order valence-corrected chi connectivity index (χ3v) is 4.19. The molecular weight excluding hydrogens is 258 g/mol. The van der Waals surface area contributed by atoms with Gasteiger partial charge in [-0.3, -0.25) is 0 Å². The first-order valence-electron chi connectivity index (χ1n) is 7.66. The van der Waals surface area contributed by atoms with Crippen molar-refractivity contribution in [3.8, 4) is 0 Å². The number of hydrogen-bond donors (Lipinski definition) is 2. The van der Waals surface area contributed by atoms with Crippen LogP contribution in [0.2, 0.25) is 0 Å². The van der Waals surface area contributed by atoms with Gasteiger partial charge in [-0.2, -0.15) is 0 Å². The molecule has 0 bridgehead atoms. The second kappa shape index (κ2) is 7.96. The zero-order valence-electron chi connectivity index (χ0n) is 12.9. The molecule has 112 valence electrons. The summed E-state index contributed by atoms with van der Waals surface area (Å²) in [5.74, 6) is 0.595. The molecule has 2 aromatic rings. The molecule has 0 aliphatic carbocycles. The van der Waals surface area contributed by atoms with Gasteiger partial charge in [0.05, 0.1) is 0 Å². The van der Waals surface area contributed by atoms with Crippen LogP contribution in [0.3, 0.4) is 0 Å². The Labute approximate surface area is 127 Å². The Kier molecular flexibility index (Phi) is 5.97. The highest BCUT2D eigenvalue weighted by Gasteiger charge is 2.17. The lowest BCUT2D eigenvalue weighted by atomic mass is 9.90. The molecule has 0 fully saturated rings. The average Bonchev–Trinajstić information content (AvgIpc) is 2.56. The van der Waals surface area contributed by atoms with Gasteiger partial charge in [0.2, 0.25) is 0 Å². The average molecular weight is 283 g/mol. The fourth-order valence-electron chi connectivity index (χ4n) is 2.46. The number of hydrogen-bond acceptors (Lipinski definition) is 2. The normalized spacial score (nSPS) is 14.1. The summed E-state index contributed by atoms with van der Waals surface area (Å²) in [4.78, 5) is 0. The van der Waals surface area contributed by atoms with Gasteiger partial charge in [0.15, 0.2) is 0 Å². The van der Waals surface area contributed by atoms with Crippen LogP contribution in [-0.4, -0.2) is 24.3 Å². The van der Waals surface area contributed by atoms with E-state index in [0.29, 0.717) is 12.0 Å². The number of aliphatic hydroxyl groups excluding tert-OH is 1. The molecule has 0 aromatic heterocycles. The van der Waals surface area contributed by atoms with Gasteiger partial charge < -0.3 is 10.4 Å². The largest absolute Gasteiger partial charge is 0.396 e. The number of aliphatic hydroxyl groups is 1. The van der Waals surface area contributed by atoms with Crippen molar-refractivity contribution in [2.24, 2.45) is 5.92 Å². The van der Waals surface area contributed by atoms with Crippen LogP contribution in [0.4, 0.5) is 0 Å². The van der Waals surface area contributed by atoms with Gasteiger partial charge in [0.1, 0.15) is 0 Å². The van der Waals surface area contributed by atoms with Crippen molar-refractivity contribution >= 4 is 0 Å². The van der Waals surface area contributed by atoms with Crippen molar-refractivity contribution in [1.82, 2.24) is 5.32 Å². The first kappa shape index (κ1) is 15.7. The van der Waals surface area contributed by atoms with Crippen LogP contribution in [0.1, 0.15) is 30.9 Å². The quantitative estimate of drug-likeness (QED) is 0.816. The molecule has 0 heterocycles. The van der Waals surface area contributed by atoms with Gasteiger partial charge in [-0.15, -0.1) is 0 Å². The molecule has 0 radical (unpaired) electrons. The molecule has 2 heteroatoms. The van der Waals surface area contributed by atoms with Crippen LogP contribution in [0.5, 0.6) is 0 Å². The molecule has 21 heavy (non-hydrogen) atoms. The van der Waals surface area contributed by atoms with Crippen LogP contribution in [0.15, 0.2) is 60.7 Å². The Balaban J connectivity index is 2.14. The third-order valence-electron chi connectivity index (χ3n) is 4.19. The van der Waals surface area contributed by atoms with E-state index in [4.69, 9.17) is 0 Å². The van der Waals surface area contributed by atoms with E-state index in [0.717, 1.165) is 6.54 Å². The van der Waals surface area contributed by atoms with Crippen molar-refractivity contribution < 1.29 is 5.11 Å². The molecule has 0 saturated heterocycles. The lowest BCUT2D eigenvalue weighted by Crippen LogP contribution is -2.36. The minimum absolute atomic E-state index is 0.218. The predicted octanol–water partition coefficient (Wildman–Crippen LogP) is 3.43. The minimum Gasteiger partial charge on any atom is -0.396 e. The van der Waals surface area contributed by atoms with E-state index in [1.54, 1.807) is 0 Å². The molecule has 2 aromatic carbocycles. The number of nitrogens with one attached hydrogen (secondary N) is 1. The standard InChI is InChI=1S/C19H25NO/c1-15(14-21)16(2)20-13-19(17-9-5-3-6-10-17)18-11-7-4-8-12-18/h3-12,15-16,19-21H,13-14H2,1-2H3. The van der Waals surface area contributed by atoms with Crippen molar-refractivity contribution in [1.29, 1.82) is 0 Å². The second-order valence-electron chi connectivity index (χ2n) is 5.73. The van der Waals surface area contributed by atoms with E-state index in [2.05, 4.69) is 79.8 Å². The number of benzene rings is 2. The summed E-state index contributed by atoms with van der Waals surface area (Å²) in [5.41, 5.74) is 2.64. The van der Waals surface area contributed by atoms with Crippen LogP contribution < -0.4 is 5.32 Å². The molecule has 2 nitrogen and oxygen atoms in total.